The number of hydrogen-bond donors (Lipinski definition) is 2. The molecular formula is C13H26N2O. The average molecular weight is 226 g/mol. The van der Waals surface area contributed by atoms with E-state index in [1.165, 1.54) is 32.2 Å². The van der Waals surface area contributed by atoms with Crippen molar-refractivity contribution in [2.24, 2.45) is 5.92 Å². The summed E-state index contributed by atoms with van der Waals surface area (Å²) < 4.78 is 5.77. The van der Waals surface area contributed by atoms with Crippen molar-refractivity contribution in [3.05, 3.63) is 0 Å². The molecule has 0 aromatic carbocycles. The van der Waals surface area contributed by atoms with E-state index in [4.69, 9.17) is 4.74 Å². The highest BCUT2D eigenvalue weighted by atomic mass is 16.5. The zero-order valence-electron chi connectivity index (χ0n) is 10.7. The summed E-state index contributed by atoms with van der Waals surface area (Å²) in [6.45, 7) is 8.79. The number of ether oxygens (including phenoxy) is 1. The van der Waals surface area contributed by atoms with E-state index in [0.717, 1.165) is 25.6 Å². The summed E-state index contributed by atoms with van der Waals surface area (Å²) in [5.41, 5.74) is 0.0951. The maximum atomic E-state index is 5.77. The van der Waals surface area contributed by atoms with E-state index in [1.807, 2.05) is 0 Å². The standard InChI is InChI=1S/C13H26N2O/c1-11-5-3-7-15-12(11)9-14-10-13(2)6-4-8-16-13/h11-12,14-15H,3-10H2,1-2H3. The number of piperidine rings is 1. The second-order valence-electron chi connectivity index (χ2n) is 5.71. The molecule has 94 valence electrons. The highest BCUT2D eigenvalue weighted by Gasteiger charge is 2.29. The largest absolute Gasteiger partial charge is 0.374 e. The molecule has 3 nitrogen and oxygen atoms in total. The summed E-state index contributed by atoms with van der Waals surface area (Å²) in [6.07, 6.45) is 5.12. The van der Waals surface area contributed by atoms with Gasteiger partial charge in [-0.1, -0.05) is 6.92 Å². The Morgan fingerprint density at radius 3 is 3.00 bits per heavy atom. The smallest absolute Gasteiger partial charge is 0.0779 e. The molecule has 0 radical (unpaired) electrons. The molecule has 0 amide bonds. The maximum absolute atomic E-state index is 5.77. The highest BCUT2D eigenvalue weighted by molar-refractivity contribution is 4.85. The molecule has 2 aliphatic heterocycles. The molecule has 2 aliphatic rings. The van der Waals surface area contributed by atoms with Crippen LogP contribution in [-0.2, 0) is 4.74 Å². The van der Waals surface area contributed by atoms with Crippen LogP contribution in [0.3, 0.4) is 0 Å². The molecule has 0 aromatic heterocycles. The third kappa shape index (κ3) is 3.19. The third-order valence-electron chi connectivity index (χ3n) is 4.09. The summed E-state index contributed by atoms with van der Waals surface area (Å²) in [7, 11) is 0. The molecule has 2 heterocycles. The lowest BCUT2D eigenvalue weighted by Gasteiger charge is -2.32. The molecule has 3 unspecified atom stereocenters. The summed E-state index contributed by atoms with van der Waals surface area (Å²) in [5.74, 6) is 0.804. The third-order valence-corrected chi connectivity index (χ3v) is 4.09. The molecule has 2 saturated heterocycles. The lowest BCUT2D eigenvalue weighted by atomic mass is 9.92. The normalized spacial score (nSPS) is 40.1. The van der Waals surface area contributed by atoms with Gasteiger partial charge in [0.15, 0.2) is 0 Å². The second kappa shape index (κ2) is 5.48. The number of nitrogens with one attached hydrogen (secondary N) is 2. The van der Waals surface area contributed by atoms with Crippen molar-refractivity contribution in [1.29, 1.82) is 0 Å². The van der Waals surface area contributed by atoms with Crippen LogP contribution >= 0.6 is 0 Å². The Morgan fingerprint density at radius 2 is 2.31 bits per heavy atom. The molecule has 0 aliphatic carbocycles. The number of hydrogen-bond acceptors (Lipinski definition) is 3. The Hall–Kier alpha value is -0.120. The van der Waals surface area contributed by atoms with Crippen LogP contribution in [0.5, 0.6) is 0 Å². The van der Waals surface area contributed by atoms with Gasteiger partial charge >= 0.3 is 0 Å². The summed E-state index contributed by atoms with van der Waals surface area (Å²) in [6, 6.07) is 0.652. The van der Waals surface area contributed by atoms with E-state index in [0.29, 0.717) is 6.04 Å². The molecular weight excluding hydrogens is 200 g/mol. The second-order valence-corrected chi connectivity index (χ2v) is 5.71. The Bertz CT molecular complexity index is 214. The summed E-state index contributed by atoms with van der Waals surface area (Å²) >= 11 is 0. The zero-order chi connectivity index (χ0) is 11.4. The van der Waals surface area contributed by atoms with Crippen LogP contribution in [0.1, 0.15) is 39.5 Å². The van der Waals surface area contributed by atoms with Crippen LogP contribution < -0.4 is 10.6 Å². The van der Waals surface area contributed by atoms with E-state index in [2.05, 4.69) is 24.5 Å². The first-order valence-electron chi connectivity index (χ1n) is 6.78. The fraction of sp³-hybridized carbons (Fsp3) is 1.00. The molecule has 2 fully saturated rings. The lowest BCUT2D eigenvalue weighted by Crippen LogP contribution is -2.49. The van der Waals surface area contributed by atoms with Gasteiger partial charge in [-0.25, -0.2) is 0 Å². The van der Waals surface area contributed by atoms with Gasteiger partial charge in [0.25, 0.3) is 0 Å². The van der Waals surface area contributed by atoms with E-state index < -0.39 is 0 Å². The Balaban J connectivity index is 1.66. The average Bonchev–Trinajstić information content (AvgIpc) is 2.68. The summed E-state index contributed by atoms with van der Waals surface area (Å²) in [5, 5.41) is 7.18. The van der Waals surface area contributed by atoms with Gasteiger partial charge in [0.1, 0.15) is 0 Å². The molecule has 16 heavy (non-hydrogen) atoms. The molecule has 3 heteroatoms. The minimum atomic E-state index is 0.0951. The van der Waals surface area contributed by atoms with Crippen LogP contribution in [-0.4, -0.2) is 37.9 Å². The highest BCUT2D eigenvalue weighted by Crippen LogP contribution is 2.24. The van der Waals surface area contributed by atoms with Crippen molar-refractivity contribution in [1.82, 2.24) is 10.6 Å². The lowest BCUT2D eigenvalue weighted by molar-refractivity contribution is 0.0201. The van der Waals surface area contributed by atoms with Crippen molar-refractivity contribution in [2.75, 3.05) is 26.2 Å². The molecule has 0 saturated carbocycles. The van der Waals surface area contributed by atoms with Gasteiger partial charge in [-0.15, -0.1) is 0 Å². The zero-order valence-corrected chi connectivity index (χ0v) is 10.7. The molecule has 0 bridgehead atoms. The van der Waals surface area contributed by atoms with Gasteiger partial charge in [0.2, 0.25) is 0 Å². The monoisotopic (exact) mass is 226 g/mol. The van der Waals surface area contributed by atoms with Gasteiger partial charge in [-0.05, 0) is 45.1 Å². The maximum Gasteiger partial charge on any atom is 0.0779 e. The van der Waals surface area contributed by atoms with Gasteiger partial charge in [-0.3, -0.25) is 0 Å². The fourth-order valence-corrected chi connectivity index (χ4v) is 2.86. The quantitative estimate of drug-likeness (QED) is 0.763. The van der Waals surface area contributed by atoms with Gasteiger partial charge in [0.05, 0.1) is 5.60 Å². The van der Waals surface area contributed by atoms with Crippen LogP contribution in [0.4, 0.5) is 0 Å². The minimum absolute atomic E-state index is 0.0951. The summed E-state index contributed by atoms with van der Waals surface area (Å²) in [4.78, 5) is 0. The molecule has 0 aromatic rings. The van der Waals surface area contributed by atoms with Crippen LogP contribution in [0, 0.1) is 5.92 Å². The SMILES string of the molecule is CC1CCCNC1CNCC1(C)CCCO1. The first kappa shape index (κ1) is 12.3. The van der Waals surface area contributed by atoms with Crippen LogP contribution in [0.2, 0.25) is 0 Å². The van der Waals surface area contributed by atoms with Gasteiger partial charge in [0, 0.05) is 25.7 Å². The van der Waals surface area contributed by atoms with E-state index in [9.17, 15) is 0 Å². The van der Waals surface area contributed by atoms with E-state index in [-0.39, 0.29) is 5.60 Å². The Labute approximate surface area is 99.3 Å². The molecule has 2 N–H and O–H groups in total. The minimum Gasteiger partial charge on any atom is -0.374 e. The predicted octanol–water partition coefficient (Wildman–Crippen LogP) is 1.53. The van der Waals surface area contributed by atoms with Crippen LogP contribution in [0.25, 0.3) is 0 Å². The topological polar surface area (TPSA) is 33.3 Å². The van der Waals surface area contributed by atoms with Gasteiger partial charge in [-0.2, -0.15) is 0 Å². The van der Waals surface area contributed by atoms with Crippen molar-refractivity contribution in [3.63, 3.8) is 0 Å². The molecule has 0 spiro atoms. The van der Waals surface area contributed by atoms with E-state index >= 15 is 0 Å². The van der Waals surface area contributed by atoms with Crippen molar-refractivity contribution in [2.45, 2.75) is 51.2 Å². The Morgan fingerprint density at radius 1 is 1.44 bits per heavy atom. The first-order valence-corrected chi connectivity index (χ1v) is 6.78. The number of rotatable bonds is 4. The van der Waals surface area contributed by atoms with Gasteiger partial charge < -0.3 is 15.4 Å². The fourth-order valence-electron chi connectivity index (χ4n) is 2.86. The molecule has 2 rings (SSSR count). The molecule has 3 atom stereocenters. The van der Waals surface area contributed by atoms with Crippen molar-refractivity contribution in [3.8, 4) is 0 Å². The van der Waals surface area contributed by atoms with Crippen molar-refractivity contribution < 1.29 is 4.74 Å². The predicted molar refractivity (Wildman–Crippen MR) is 66.6 cm³/mol. The first-order chi connectivity index (χ1) is 7.70. The van der Waals surface area contributed by atoms with E-state index in [1.54, 1.807) is 0 Å². The van der Waals surface area contributed by atoms with Crippen molar-refractivity contribution >= 4 is 0 Å². The Kier molecular flexibility index (Phi) is 4.22. The van der Waals surface area contributed by atoms with Crippen LogP contribution in [0.15, 0.2) is 0 Å².